The second-order valence-corrected chi connectivity index (χ2v) is 7.15. The van der Waals surface area contributed by atoms with Crippen LogP contribution < -0.4 is 5.32 Å². The van der Waals surface area contributed by atoms with E-state index < -0.39 is 24.0 Å². The van der Waals surface area contributed by atoms with Gasteiger partial charge in [0.2, 0.25) is 5.91 Å². The number of rotatable bonds is 5. The van der Waals surface area contributed by atoms with Gasteiger partial charge in [-0.05, 0) is 40.6 Å². The van der Waals surface area contributed by atoms with Crippen LogP contribution in [-0.2, 0) is 9.59 Å². The number of benzene rings is 2. The number of aliphatic hydroxyl groups excluding tert-OH is 1. The summed E-state index contributed by atoms with van der Waals surface area (Å²) in [7, 11) is 0. The van der Waals surface area contributed by atoms with Crippen LogP contribution in [0.5, 0.6) is 0 Å². The van der Waals surface area contributed by atoms with Crippen molar-refractivity contribution in [3.8, 4) is 11.1 Å². The van der Waals surface area contributed by atoms with Gasteiger partial charge in [0, 0.05) is 17.8 Å². The molecule has 2 aromatic carbocycles. The molecule has 3 aromatic rings. The predicted octanol–water partition coefficient (Wildman–Crippen LogP) is 2.91. The SMILES string of the molecule is O=C(O)C[C@@H]1C[C@@H](C(O)c2ccc(-c3ccc4cnccc4c3)cc2)NC1=O. The molecule has 1 aliphatic rings. The van der Waals surface area contributed by atoms with Crippen molar-refractivity contribution in [2.24, 2.45) is 5.92 Å². The van der Waals surface area contributed by atoms with E-state index in [1.54, 1.807) is 6.20 Å². The van der Waals surface area contributed by atoms with Crippen molar-refractivity contribution in [3.63, 3.8) is 0 Å². The van der Waals surface area contributed by atoms with Crippen LogP contribution in [0.3, 0.4) is 0 Å². The van der Waals surface area contributed by atoms with Crippen LogP contribution in [0.25, 0.3) is 21.9 Å². The number of carboxylic acid groups (broad SMARTS) is 1. The lowest BCUT2D eigenvalue weighted by molar-refractivity contribution is -0.140. The zero-order chi connectivity index (χ0) is 19.7. The van der Waals surface area contributed by atoms with Crippen LogP contribution in [0.4, 0.5) is 0 Å². The van der Waals surface area contributed by atoms with Gasteiger partial charge in [0.1, 0.15) is 0 Å². The molecule has 2 heterocycles. The normalized spacial score (nSPS) is 20.1. The Morgan fingerprint density at radius 3 is 2.61 bits per heavy atom. The Labute approximate surface area is 161 Å². The van der Waals surface area contributed by atoms with Crippen LogP contribution >= 0.6 is 0 Å². The number of pyridine rings is 1. The van der Waals surface area contributed by atoms with E-state index in [9.17, 15) is 14.7 Å². The lowest BCUT2D eigenvalue weighted by Gasteiger charge is -2.19. The minimum absolute atomic E-state index is 0.217. The molecule has 0 aliphatic carbocycles. The summed E-state index contributed by atoms with van der Waals surface area (Å²) in [6.45, 7) is 0. The van der Waals surface area contributed by atoms with Gasteiger partial charge < -0.3 is 15.5 Å². The van der Waals surface area contributed by atoms with Gasteiger partial charge in [-0.1, -0.05) is 36.4 Å². The first-order valence-corrected chi connectivity index (χ1v) is 9.15. The third kappa shape index (κ3) is 3.59. The summed E-state index contributed by atoms with van der Waals surface area (Å²) in [5.41, 5.74) is 2.78. The molecule has 0 spiro atoms. The lowest BCUT2D eigenvalue weighted by Crippen LogP contribution is -2.31. The first-order valence-electron chi connectivity index (χ1n) is 9.15. The van der Waals surface area contributed by atoms with E-state index in [1.165, 1.54) is 0 Å². The number of aliphatic carboxylic acids is 1. The summed E-state index contributed by atoms with van der Waals surface area (Å²) in [5.74, 6) is -1.91. The number of nitrogens with zero attached hydrogens (tertiary/aromatic N) is 1. The zero-order valence-corrected chi connectivity index (χ0v) is 15.1. The zero-order valence-electron chi connectivity index (χ0n) is 15.1. The average Bonchev–Trinajstić information content (AvgIpc) is 3.07. The van der Waals surface area contributed by atoms with E-state index in [1.807, 2.05) is 48.7 Å². The van der Waals surface area contributed by atoms with Gasteiger partial charge in [-0.25, -0.2) is 0 Å². The topological polar surface area (TPSA) is 99.5 Å². The number of nitrogens with one attached hydrogen (secondary N) is 1. The highest BCUT2D eigenvalue weighted by Gasteiger charge is 2.37. The standard InChI is InChI=1S/C22H20N2O4/c25-20(26)11-18-10-19(24-22(18)28)21(27)14-3-1-13(2-4-14)15-5-6-17-12-23-8-7-16(17)9-15/h1-9,12,18-19,21,27H,10-11H2,(H,24,28)(H,25,26)/t18-,19-,21?/m0/s1. The molecular weight excluding hydrogens is 356 g/mol. The molecule has 6 heteroatoms. The number of hydrogen-bond donors (Lipinski definition) is 3. The molecule has 1 fully saturated rings. The monoisotopic (exact) mass is 376 g/mol. The maximum atomic E-state index is 11.9. The van der Waals surface area contributed by atoms with Crippen LogP contribution in [-0.4, -0.2) is 33.1 Å². The number of hydrogen-bond acceptors (Lipinski definition) is 4. The van der Waals surface area contributed by atoms with E-state index in [0.29, 0.717) is 12.0 Å². The Morgan fingerprint density at radius 1 is 1.11 bits per heavy atom. The van der Waals surface area contributed by atoms with Crippen molar-refractivity contribution < 1.29 is 19.8 Å². The number of carbonyl (C=O) groups is 2. The number of amides is 1. The molecule has 1 aromatic heterocycles. The summed E-state index contributed by atoms with van der Waals surface area (Å²) >= 11 is 0. The van der Waals surface area contributed by atoms with Gasteiger partial charge in [-0.2, -0.15) is 0 Å². The van der Waals surface area contributed by atoms with E-state index in [-0.39, 0.29) is 12.3 Å². The summed E-state index contributed by atoms with van der Waals surface area (Å²) in [6, 6.07) is 15.2. The Balaban J connectivity index is 1.51. The fourth-order valence-corrected chi connectivity index (χ4v) is 3.74. The molecule has 4 rings (SSSR count). The minimum Gasteiger partial charge on any atom is -0.481 e. The fourth-order valence-electron chi connectivity index (χ4n) is 3.74. The van der Waals surface area contributed by atoms with Crippen molar-refractivity contribution in [1.29, 1.82) is 0 Å². The molecule has 0 saturated carbocycles. The molecule has 0 radical (unpaired) electrons. The largest absolute Gasteiger partial charge is 0.481 e. The molecule has 1 aliphatic heterocycles. The van der Waals surface area contributed by atoms with Gasteiger partial charge in [0.05, 0.1) is 24.5 Å². The molecule has 142 valence electrons. The third-order valence-electron chi connectivity index (χ3n) is 5.27. The Kier molecular flexibility index (Phi) is 4.79. The minimum atomic E-state index is -1.01. The summed E-state index contributed by atoms with van der Waals surface area (Å²) in [4.78, 5) is 26.9. The molecule has 6 nitrogen and oxygen atoms in total. The second kappa shape index (κ2) is 7.40. The van der Waals surface area contributed by atoms with Crippen LogP contribution in [0, 0.1) is 5.92 Å². The van der Waals surface area contributed by atoms with Gasteiger partial charge >= 0.3 is 5.97 Å². The molecule has 0 bridgehead atoms. The second-order valence-electron chi connectivity index (χ2n) is 7.15. The van der Waals surface area contributed by atoms with E-state index in [0.717, 1.165) is 21.9 Å². The van der Waals surface area contributed by atoms with Crippen molar-refractivity contribution in [2.75, 3.05) is 0 Å². The number of carbonyl (C=O) groups excluding carboxylic acids is 1. The Morgan fingerprint density at radius 2 is 1.86 bits per heavy atom. The van der Waals surface area contributed by atoms with Crippen LogP contribution in [0.2, 0.25) is 0 Å². The molecular formula is C22H20N2O4. The van der Waals surface area contributed by atoms with Crippen LogP contribution in [0.15, 0.2) is 60.9 Å². The number of carboxylic acids is 1. The highest BCUT2D eigenvalue weighted by atomic mass is 16.4. The highest BCUT2D eigenvalue weighted by Crippen LogP contribution is 2.30. The molecule has 1 unspecified atom stereocenters. The first kappa shape index (κ1) is 18.1. The fraction of sp³-hybridized carbons (Fsp3) is 0.227. The number of fused-ring (bicyclic) bond motifs is 1. The van der Waals surface area contributed by atoms with E-state index in [2.05, 4.69) is 16.4 Å². The van der Waals surface area contributed by atoms with Gasteiger partial charge in [0.15, 0.2) is 0 Å². The van der Waals surface area contributed by atoms with Crippen LogP contribution in [0.1, 0.15) is 24.5 Å². The number of aliphatic hydroxyl groups is 1. The summed E-state index contributed by atoms with van der Waals surface area (Å²) in [5, 5.41) is 24.4. The van der Waals surface area contributed by atoms with Crippen molar-refractivity contribution >= 4 is 22.6 Å². The highest BCUT2D eigenvalue weighted by molar-refractivity contribution is 5.87. The van der Waals surface area contributed by atoms with Crippen molar-refractivity contribution in [3.05, 3.63) is 66.5 Å². The molecule has 3 atom stereocenters. The maximum absolute atomic E-state index is 11.9. The van der Waals surface area contributed by atoms with Crippen molar-refractivity contribution in [2.45, 2.75) is 25.0 Å². The predicted molar refractivity (Wildman–Crippen MR) is 104 cm³/mol. The number of aromatic nitrogens is 1. The Bertz CT molecular complexity index is 1030. The third-order valence-corrected chi connectivity index (χ3v) is 5.27. The smallest absolute Gasteiger partial charge is 0.304 e. The molecule has 1 saturated heterocycles. The molecule has 3 N–H and O–H groups in total. The van der Waals surface area contributed by atoms with E-state index >= 15 is 0 Å². The first-order chi connectivity index (χ1) is 13.5. The van der Waals surface area contributed by atoms with Gasteiger partial charge in [-0.15, -0.1) is 0 Å². The summed E-state index contributed by atoms with van der Waals surface area (Å²) in [6.07, 6.45) is 2.81. The Hall–Kier alpha value is -3.25. The quantitative estimate of drug-likeness (QED) is 0.636. The summed E-state index contributed by atoms with van der Waals surface area (Å²) < 4.78 is 0. The molecule has 1 amide bonds. The maximum Gasteiger partial charge on any atom is 0.304 e. The molecule has 28 heavy (non-hydrogen) atoms. The lowest BCUT2D eigenvalue weighted by atomic mass is 9.94. The average molecular weight is 376 g/mol. The van der Waals surface area contributed by atoms with Crippen molar-refractivity contribution in [1.82, 2.24) is 10.3 Å². The van der Waals surface area contributed by atoms with Gasteiger partial charge in [-0.3, -0.25) is 14.6 Å². The van der Waals surface area contributed by atoms with Gasteiger partial charge in [0.25, 0.3) is 0 Å². The van der Waals surface area contributed by atoms with E-state index in [4.69, 9.17) is 5.11 Å².